The molecule has 1 heterocycles. The topological polar surface area (TPSA) is 47.8 Å². The van der Waals surface area contributed by atoms with Gasteiger partial charge in [-0.05, 0) is 49.8 Å². The second kappa shape index (κ2) is 7.07. The van der Waals surface area contributed by atoms with Crippen molar-refractivity contribution in [2.24, 2.45) is 5.92 Å². The van der Waals surface area contributed by atoms with Gasteiger partial charge in [0, 0.05) is 0 Å². The Kier molecular flexibility index (Phi) is 4.89. The van der Waals surface area contributed by atoms with E-state index in [1.54, 1.807) is 0 Å². The first kappa shape index (κ1) is 15.9. The van der Waals surface area contributed by atoms with E-state index < -0.39 is 0 Å². The van der Waals surface area contributed by atoms with Gasteiger partial charge in [0.05, 0.1) is 11.4 Å². The van der Waals surface area contributed by atoms with Crippen molar-refractivity contribution in [3.63, 3.8) is 0 Å². The Bertz CT molecular complexity index is 684. The number of carbonyl (C=O) groups is 1. The Morgan fingerprint density at radius 2 is 2.00 bits per heavy atom. The fraction of sp³-hybridized carbons (Fsp3) is 0.526. The average molecular weight is 311 g/mol. The van der Waals surface area contributed by atoms with E-state index in [0.717, 1.165) is 36.4 Å². The first-order valence-electron chi connectivity index (χ1n) is 8.67. The van der Waals surface area contributed by atoms with Crippen molar-refractivity contribution in [1.29, 1.82) is 0 Å². The maximum Gasteiger partial charge on any atom is 0.172 e. The molecule has 122 valence electrons. The van der Waals surface area contributed by atoms with Crippen molar-refractivity contribution < 1.29 is 4.79 Å². The number of aldehydes is 1. The fourth-order valence-corrected chi connectivity index (χ4v) is 3.61. The third-order valence-corrected chi connectivity index (χ3v) is 5.22. The molecule has 0 aliphatic heterocycles. The Morgan fingerprint density at radius 3 is 2.74 bits per heavy atom. The summed E-state index contributed by atoms with van der Waals surface area (Å²) in [6.07, 6.45) is 9.55. The maximum atomic E-state index is 11.4. The number of hydrogen-bond donors (Lipinski definition) is 0. The van der Waals surface area contributed by atoms with Crippen LogP contribution in [0.3, 0.4) is 0 Å². The van der Waals surface area contributed by atoms with Crippen LogP contribution in [0.15, 0.2) is 18.2 Å². The lowest BCUT2D eigenvalue weighted by atomic mass is 9.85. The summed E-state index contributed by atoms with van der Waals surface area (Å²) in [6.45, 7) is 4.19. The number of carbonyl (C=O) groups excluding carboxylic acids is 1. The van der Waals surface area contributed by atoms with Gasteiger partial charge in [0.25, 0.3) is 0 Å². The van der Waals surface area contributed by atoms with Gasteiger partial charge in [0.1, 0.15) is 5.69 Å². The second-order valence-electron chi connectivity index (χ2n) is 6.71. The Hall–Kier alpha value is -1.97. The van der Waals surface area contributed by atoms with E-state index in [1.807, 2.05) is 10.7 Å². The molecule has 4 heteroatoms. The minimum atomic E-state index is 0.488. The second-order valence-corrected chi connectivity index (χ2v) is 6.71. The molecule has 1 fully saturated rings. The van der Waals surface area contributed by atoms with E-state index in [4.69, 9.17) is 0 Å². The number of rotatable bonds is 5. The van der Waals surface area contributed by atoms with Gasteiger partial charge in [0.2, 0.25) is 0 Å². The van der Waals surface area contributed by atoms with Crippen LogP contribution in [0.5, 0.6) is 0 Å². The zero-order valence-corrected chi connectivity index (χ0v) is 14.1. The number of benzene rings is 1. The Labute approximate surface area is 137 Å². The highest BCUT2D eigenvalue weighted by atomic mass is 16.1. The molecule has 0 amide bonds. The van der Waals surface area contributed by atoms with E-state index >= 15 is 0 Å². The third kappa shape index (κ3) is 3.36. The molecule has 0 bridgehead atoms. The van der Waals surface area contributed by atoms with Gasteiger partial charge in [0.15, 0.2) is 6.29 Å². The number of aryl methyl sites for hydroxylation is 1. The summed E-state index contributed by atoms with van der Waals surface area (Å²) in [6, 6.07) is 6.18. The molecule has 4 nitrogen and oxygen atoms in total. The van der Waals surface area contributed by atoms with Crippen molar-refractivity contribution in [1.82, 2.24) is 15.0 Å². The van der Waals surface area contributed by atoms with Crippen molar-refractivity contribution in [3.05, 3.63) is 40.7 Å². The van der Waals surface area contributed by atoms with Crippen molar-refractivity contribution in [3.8, 4) is 5.69 Å². The first-order chi connectivity index (χ1) is 11.2. The molecule has 0 spiro atoms. The molecule has 2 aromatic rings. The maximum absolute atomic E-state index is 11.4. The van der Waals surface area contributed by atoms with E-state index in [0.29, 0.717) is 5.69 Å². The molecule has 3 rings (SSSR count). The SMILES string of the molecule is Cc1cccc(-n2nnc(C=O)c2CCC2CCCCC2)c1C. The van der Waals surface area contributed by atoms with Crippen molar-refractivity contribution in [2.45, 2.75) is 58.8 Å². The summed E-state index contributed by atoms with van der Waals surface area (Å²) in [7, 11) is 0. The van der Waals surface area contributed by atoms with Crippen LogP contribution in [0.4, 0.5) is 0 Å². The van der Waals surface area contributed by atoms with Crippen LogP contribution < -0.4 is 0 Å². The molecule has 23 heavy (non-hydrogen) atoms. The summed E-state index contributed by atoms with van der Waals surface area (Å²) in [4.78, 5) is 11.4. The van der Waals surface area contributed by atoms with Gasteiger partial charge in [-0.15, -0.1) is 5.10 Å². The molecule has 1 aliphatic carbocycles. The van der Waals surface area contributed by atoms with Crippen LogP contribution in [-0.2, 0) is 6.42 Å². The van der Waals surface area contributed by atoms with Gasteiger partial charge < -0.3 is 0 Å². The molecule has 0 unspecified atom stereocenters. The highest BCUT2D eigenvalue weighted by molar-refractivity contribution is 5.73. The van der Waals surface area contributed by atoms with Gasteiger partial charge in [-0.1, -0.05) is 49.5 Å². The summed E-state index contributed by atoms with van der Waals surface area (Å²) in [5.74, 6) is 0.783. The minimum Gasteiger partial charge on any atom is -0.296 e. The normalized spacial score (nSPS) is 15.7. The molecule has 1 saturated carbocycles. The number of hydrogen-bond acceptors (Lipinski definition) is 3. The van der Waals surface area contributed by atoms with Crippen LogP contribution in [0, 0.1) is 19.8 Å². The first-order valence-corrected chi connectivity index (χ1v) is 8.67. The zero-order chi connectivity index (χ0) is 16.2. The standard InChI is InChI=1S/C19H25N3O/c1-14-7-6-10-18(15(14)2)22-19(17(13-23)20-21-22)12-11-16-8-4-3-5-9-16/h6-7,10,13,16H,3-5,8-9,11-12H2,1-2H3. The fourth-order valence-electron chi connectivity index (χ4n) is 3.61. The minimum absolute atomic E-state index is 0.488. The molecule has 0 radical (unpaired) electrons. The van der Waals surface area contributed by atoms with Crippen LogP contribution in [0.2, 0.25) is 0 Å². The smallest absolute Gasteiger partial charge is 0.172 e. The summed E-state index contributed by atoms with van der Waals surface area (Å²) in [5, 5.41) is 8.35. The molecule has 0 N–H and O–H groups in total. The number of nitrogens with zero attached hydrogens (tertiary/aromatic N) is 3. The van der Waals surface area contributed by atoms with Crippen LogP contribution in [-0.4, -0.2) is 21.3 Å². The van der Waals surface area contributed by atoms with Gasteiger partial charge >= 0.3 is 0 Å². The molecule has 1 aromatic carbocycles. The molecule has 0 atom stereocenters. The molecular weight excluding hydrogens is 286 g/mol. The molecule has 0 saturated heterocycles. The van der Waals surface area contributed by atoms with Crippen LogP contribution >= 0.6 is 0 Å². The lowest BCUT2D eigenvalue weighted by Crippen LogP contribution is -2.11. The van der Waals surface area contributed by atoms with Gasteiger partial charge in [-0.3, -0.25) is 4.79 Å². The Balaban J connectivity index is 1.87. The molecular formula is C19H25N3O. The lowest BCUT2D eigenvalue weighted by Gasteiger charge is -2.21. The number of aromatic nitrogens is 3. The van der Waals surface area contributed by atoms with E-state index in [-0.39, 0.29) is 0 Å². The van der Waals surface area contributed by atoms with Gasteiger partial charge in [-0.2, -0.15) is 0 Å². The summed E-state index contributed by atoms with van der Waals surface area (Å²) >= 11 is 0. The highest BCUT2D eigenvalue weighted by Crippen LogP contribution is 2.28. The largest absolute Gasteiger partial charge is 0.296 e. The van der Waals surface area contributed by atoms with E-state index in [9.17, 15) is 4.79 Å². The third-order valence-electron chi connectivity index (χ3n) is 5.22. The molecule has 1 aliphatic rings. The van der Waals surface area contributed by atoms with Crippen LogP contribution in [0.25, 0.3) is 5.69 Å². The predicted octanol–water partition coefficient (Wildman–Crippen LogP) is 4.21. The summed E-state index contributed by atoms with van der Waals surface area (Å²) < 4.78 is 1.87. The van der Waals surface area contributed by atoms with Crippen molar-refractivity contribution >= 4 is 6.29 Å². The van der Waals surface area contributed by atoms with Crippen molar-refractivity contribution in [2.75, 3.05) is 0 Å². The zero-order valence-electron chi connectivity index (χ0n) is 14.1. The highest BCUT2D eigenvalue weighted by Gasteiger charge is 2.19. The van der Waals surface area contributed by atoms with Crippen LogP contribution in [0.1, 0.15) is 65.8 Å². The van der Waals surface area contributed by atoms with Gasteiger partial charge in [-0.25, -0.2) is 4.68 Å². The Morgan fingerprint density at radius 1 is 1.22 bits per heavy atom. The summed E-state index contributed by atoms with van der Waals surface area (Å²) in [5.41, 5.74) is 4.89. The average Bonchev–Trinajstić information content (AvgIpc) is 2.99. The lowest BCUT2D eigenvalue weighted by molar-refractivity contribution is 0.111. The monoisotopic (exact) mass is 311 g/mol. The van der Waals surface area contributed by atoms with E-state index in [1.165, 1.54) is 43.2 Å². The van der Waals surface area contributed by atoms with E-state index in [2.05, 4.69) is 36.3 Å². The quantitative estimate of drug-likeness (QED) is 0.777. The predicted molar refractivity (Wildman–Crippen MR) is 91.1 cm³/mol. The molecule has 1 aromatic heterocycles.